The average Bonchev–Trinajstić information content (AvgIpc) is 2.87. The van der Waals surface area contributed by atoms with Crippen molar-refractivity contribution in [1.29, 1.82) is 0 Å². The van der Waals surface area contributed by atoms with Crippen LogP contribution in [0.1, 0.15) is 26.3 Å². The molecule has 4 rings (SSSR count). The standard InChI is InChI=1S/C27H19F3N2O4S/c28-27(29,30)17-6-3-7-19(14-17)31-23(33)15-37-20-12-10-18(11-13-20)32-25(34)21-8-1-4-16-5-2-9-22(24(16)21)26(35)36/h1-14H,15H2,(H,31,33)(H,32,34)(H,35,36). The maximum absolute atomic E-state index is 12.9. The number of carbonyl (C=O) groups is 3. The summed E-state index contributed by atoms with van der Waals surface area (Å²) in [6.07, 6.45) is -4.50. The molecule has 0 bridgehead atoms. The predicted octanol–water partition coefficient (Wildman–Crippen LogP) is 6.54. The zero-order valence-corrected chi connectivity index (χ0v) is 19.8. The van der Waals surface area contributed by atoms with Crippen LogP contribution < -0.4 is 10.6 Å². The Morgan fingerprint density at radius 2 is 1.43 bits per heavy atom. The number of hydrogen-bond acceptors (Lipinski definition) is 4. The minimum Gasteiger partial charge on any atom is -0.478 e. The van der Waals surface area contributed by atoms with Gasteiger partial charge in [0.2, 0.25) is 5.91 Å². The lowest BCUT2D eigenvalue weighted by molar-refractivity contribution is -0.137. The zero-order valence-electron chi connectivity index (χ0n) is 19.0. The summed E-state index contributed by atoms with van der Waals surface area (Å²) < 4.78 is 38.5. The van der Waals surface area contributed by atoms with E-state index in [1.807, 2.05) is 0 Å². The molecule has 4 aromatic rings. The first-order valence-electron chi connectivity index (χ1n) is 10.9. The van der Waals surface area contributed by atoms with Crippen molar-refractivity contribution >= 4 is 51.7 Å². The van der Waals surface area contributed by atoms with Crippen molar-refractivity contribution in [3.05, 3.63) is 102 Å². The van der Waals surface area contributed by atoms with Gasteiger partial charge in [-0.2, -0.15) is 13.2 Å². The summed E-state index contributed by atoms with van der Waals surface area (Å²) in [5.41, 5.74) is -0.0811. The highest BCUT2D eigenvalue weighted by Gasteiger charge is 2.30. The van der Waals surface area contributed by atoms with Crippen molar-refractivity contribution in [2.75, 3.05) is 16.4 Å². The number of amides is 2. The van der Waals surface area contributed by atoms with E-state index in [4.69, 9.17) is 0 Å². The number of carboxylic acid groups (broad SMARTS) is 1. The SMILES string of the molecule is O=C(CSc1ccc(NC(=O)c2cccc3cccc(C(=O)O)c23)cc1)Nc1cccc(C(F)(F)F)c1. The molecular weight excluding hydrogens is 505 g/mol. The lowest BCUT2D eigenvalue weighted by Gasteiger charge is -2.11. The molecular formula is C27H19F3N2O4S. The number of rotatable bonds is 7. The number of alkyl halides is 3. The van der Waals surface area contributed by atoms with Gasteiger partial charge < -0.3 is 15.7 Å². The molecule has 0 radical (unpaired) electrons. The first-order valence-corrected chi connectivity index (χ1v) is 11.9. The normalized spacial score (nSPS) is 11.2. The molecule has 0 atom stereocenters. The molecule has 0 saturated heterocycles. The molecule has 4 aromatic carbocycles. The molecule has 0 saturated carbocycles. The number of carbonyl (C=O) groups excluding carboxylic acids is 2. The van der Waals surface area contributed by atoms with E-state index in [9.17, 15) is 32.7 Å². The van der Waals surface area contributed by atoms with Crippen LogP contribution in [-0.4, -0.2) is 28.6 Å². The first kappa shape index (κ1) is 25.8. The van der Waals surface area contributed by atoms with Crippen LogP contribution in [0.2, 0.25) is 0 Å². The van der Waals surface area contributed by atoms with Gasteiger partial charge in [-0.15, -0.1) is 11.8 Å². The number of carboxylic acids is 1. The predicted molar refractivity (Wildman–Crippen MR) is 136 cm³/mol. The third-order valence-electron chi connectivity index (χ3n) is 5.34. The summed E-state index contributed by atoms with van der Waals surface area (Å²) in [6, 6.07) is 20.8. The molecule has 6 nitrogen and oxygen atoms in total. The van der Waals surface area contributed by atoms with Gasteiger partial charge in [-0.05, 0) is 60.0 Å². The molecule has 0 fully saturated rings. The second-order valence-corrected chi connectivity index (χ2v) is 8.96. The van der Waals surface area contributed by atoms with Crippen molar-refractivity contribution in [1.82, 2.24) is 0 Å². The molecule has 0 unspecified atom stereocenters. The summed E-state index contributed by atoms with van der Waals surface area (Å²) in [4.78, 5) is 37.5. The van der Waals surface area contributed by atoms with Crippen LogP contribution in [0.15, 0.2) is 89.8 Å². The molecule has 10 heteroatoms. The third-order valence-corrected chi connectivity index (χ3v) is 6.35. The number of nitrogens with one attached hydrogen (secondary N) is 2. The monoisotopic (exact) mass is 524 g/mol. The highest BCUT2D eigenvalue weighted by molar-refractivity contribution is 8.00. The van der Waals surface area contributed by atoms with E-state index in [-0.39, 0.29) is 22.6 Å². The molecule has 188 valence electrons. The molecule has 0 aliphatic heterocycles. The highest BCUT2D eigenvalue weighted by Crippen LogP contribution is 2.31. The fourth-order valence-corrected chi connectivity index (χ4v) is 4.36. The van der Waals surface area contributed by atoms with Gasteiger partial charge >= 0.3 is 12.1 Å². The van der Waals surface area contributed by atoms with Gasteiger partial charge in [0.1, 0.15) is 0 Å². The summed E-state index contributed by atoms with van der Waals surface area (Å²) in [5.74, 6) is -2.10. The molecule has 37 heavy (non-hydrogen) atoms. The van der Waals surface area contributed by atoms with Crippen LogP contribution in [0.5, 0.6) is 0 Å². The average molecular weight is 525 g/mol. The fraction of sp³-hybridized carbons (Fsp3) is 0.0741. The molecule has 0 aromatic heterocycles. The third kappa shape index (κ3) is 6.28. The number of aromatic carboxylic acids is 1. The van der Waals surface area contributed by atoms with Crippen molar-refractivity contribution in [3.8, 4) is 0 Å². The summed E-state index contributed by atoms with van der Waals surface area (Å²) >= 11 is 1.18. The van der Waals surface area contributed by atoms with Gasteiger partial charge in [-0.3, -0.25) is 9.59 Å². The van der Waals surface area contributed by atoms with Crippen LogP contribution in [0.25, 0.3) is 10.8 Å². The fourth-order valence-electron chi connectivity index (χ4n) is 3.66. The lowest BCUT2D eigenvalue weighted by Crippen LogP contribution is -2.15. The zero-order chi connectivity index (χ0) is 26.6. The molecule has 0 spiro atoms. The quantitative estimate of drug-likeness (QED) is 0.239. The Labute approximate surface area is 213 Å². The Morgan fingerprint density at radius 3 is 2.08 bits per heavy atom. The van der Waals surface area contributed by atoms with E-state index < -0.39 is 29.5 Å². The Balaban J connectivity index is 1.38. The van der Waals surface area contributed by atoms with Crippen LogP contribution >= 0.6 is 11.8 Å². The number of hydrogen-bond donors (Lipinski definition) is 3. The van der Waals surface area contributed by atoms with E-state index in [1.54, 1.807) is 54.6 Å². The van der Waals surface area contributed by atoms with E-state index in [1.165, 1.54) is 30.0 Å². The molecule has 0 aliphatic rings. The largest absolute Gasteiger partial charge is 0.478 e. The lowest BCUT2D eigenvalue weighted by atomic mass is 9.98. The Hall–Kier alpha value is -4.31. The van der Waals surface area contributed by atoms with Gasteiger partial charge in [-0.25, -0.2) is 4.79 Å². The van der Waals surface area contributed by atoms with E-state index in [2.05, 4.69) is 10.6 Å². The van der Waals surface area contributed by atoms with Crippen LogP contribution in [-0.2, 0) is 11.0 Å². The Bertz CT molecular complexity index is 1480. The molecule has 3 N–H and O–H groups in total. The van der Waals surface area contributed by atoms with Gasteiger partial charge in [0.05, 0.1) is 16.9 Å². The van der Waals surface area contributed by atoms with Crippen LogP contribution in [0.4, 0.5) is 24.5 Å². The van der Waals surface area contributed by atoms with Gasteiger partial charge in [0.25, 0.3) is 5.91 Å². The number of benzene rings is 4. The minimum absolute atomic E-state index is 0.0263. The molecule has 0 aliphatic carbocycles. The summed E-state index contributed by atoms with van der Waals surface area (Å²) in [7, 11) is 0. The van der Waals surface area contributed by atoms with Crippen molar-refractivity contribution < 1.29 is 32.7 Å². The van der Waals surface area contributed by atoms with Crippen molar-refractivity contribution in [2.24, 2.45) is 0 Å². The van der Waals surface area contributed by atoms with E-state index >= 15 is 0 Å². The van der Waals surface area contributed by atoms with Crippen LogP contribution in [0.3, 0.4) is 0 Å². The summed E-state index contributed by atoms with van der Waals surface area (Å²) in [6.45, 7) is 0. The second kappa shape index (κ2) is 10.8. The number of anilines is 2. The maximum atomic E-state index is 12.9. The Morgan fingerprint density at radius 1 is 0.784 bits per heavy atom. The second-order valence-electron chi connectivity index (χ2n) is 7.91. The molecule has 0 heterocycles. The maximum Gasteiger partial charge on any atom is 0.416 e. The van der Waals surface area contributed by atoms with E-state index in [0.717, 1.165) is 12.1 Å². The summed E-state index contributed by atoms with van der Waals surface area (Å²) in [5, 5.41) is 15.7. The number of fused-ring (bicyclic) bond motifs is 1. The topological polar surface area (TPSA) is 95.5 Å². The molecule has 2 amide bonds. The van der Waals surface area contributed by atoms with Gasteiger partial charge in [0, 0.05) is 27.2 Å². The van der Waals surface area contributed by atoms with Crippen molar-refractivity contribution in [3.63, 3.8) is 0 Å². The minimum atomic E-state index is -4.50. The van der Waals surface area contributed by atoms with Crippen molar-refractivity contribution in [2.45, 2.75) is 11.1 Å². The van der Waals surface area contributed by atoms with Gasteiger partial charge in [0.15, 0.2) is 0 Å². The smallest absolute Gasteiger partial charge is 0.416 e. The van der Waals surface area contributed by atoms with Gasteiger partial charge in [-0.1, -0.05) is 30.3 Å². The number of halogens is 3. The van der Waals surface area contributed by atoms with Crippen LogP contribution in [0, 0.1) is 0 Å². The van der Waals surface area contributed by atoms with E-state index in [0.29, 0.717) is 21.4 Å². The first-order chi connectivity index (χ1) is 17.6. The Kier molecular flexibility index (Phi) is 7.49. The highest BCUT2D eigenvalue weighted by atomic mass is 32.2. The number of thioether (sulfide) groups is 1.